The maximum atomic E-state index is 11.7. The van der Waals surface area contributed by atoms with E-state index in [-0.39, 0.29) is 0 Å². The molecule has 0 radical (unpaired) electrons. The van der Waals surface area contributed by atoms with Crippen LogP contribution in [0.3, 0.4) is 0 Å². The third-order valence-corrected chi connectivity index (χ3v) is 3.65. The van der Waals surface area contributed by atoms with Gasteiger partial charge >= 0.3 is 5.97 Å². The van der Waals surface area contributed by atoms with Crippen molar-refractivity contribution in [1.29, 1.82) is 0 Å². The molecule has 1 aliphatic rings. The van der Waals surface area contributed by atoms with Gasteiger partial charge in [-0.25, -0.2) is 9.86 Å². The van der Waals surface area contributed by atoms with Crippen molar-refractivity contribution >= 4 is 11.7 Å². The lowest BCUT2D eigenvalue weighted by Crippen LogP contribution is -2.57. The first-order chi connectivity index (χ1) is 8.65. The molecule has 0 aromatic heterocycles. The van der Waals surface area contributed by atoms with Gasteiger partial charge in [0.25, 0.3) is 0 Å². The van der Waals surface area contributed by atoms with Crippen molar-refractivity contribution in [3.63, 3.8) is 0 Å². The number of fused-ring (bicyclic) bond motifs is 1. The summed E-state index contributed by atoms with van der Waals surface area (Å²) in [6, 6.07) is 7.85. The fourth-order valence-corrected chi connectivity index (χ4v) is 2.58. The van der Waals surface area contributed by atoms with Gasteiger partial charge in [0.1, 0.15) is 0 Å². The molecule has 0 aliphatic carbocycles. The summed E-state index contributed by atoms with van der Waals surface area (Å²) in [7, 11) is 0. The summed E-state index contributed by atoms with van der Waals surface area (Å²) in [5.41, 5.74) is 1.09. The van der Waals surface area contributed by atoms with Gasteiger partial charge in [-0.1, -0.05) is 25.1 Å². The normalized spacial score (nSPS) is 22.7. The second-order valence-electron chi connectivity index (χ2n) is 4.53. The number of hydroxylamine groups is 1. The van der Waals surface area contributed by atoms with Crippen molar-refractivity contribution in [3.05, 3.63) is 29.8 Å². The Bertz CT molecular complexity index is 446. The SMILES string of the molecule is CCON1c2ccccc2CCC1(CC)C(=O)O. The van der Waals surface area contributed by atoms with E-state index in [0.29, 0.717) is 19.4 Å². The van der Waals surface area contributed by atoms with E-state index in [1.54, 1.807) is 5.06 Å². The average Bonchev–Trinajstić information content (AvgIpc) is 2.39. The third-order valence-electron chi connectivity index (χ3n) is 3.65. The van der Waals surface area contributed by atoms with Crippen molar-refractivity contribution < 1.29 is 14.7 Å². The number of anilines is 1. The van der Waals surface area contributed by atoms with E-state index in [4.69, 9.17) is 4.84 Å². The van der Waals surface area contributed by atoms with Crippen LogP contribution >= 0.6 is 0 Å². The summed E-state index contributed by atoms with van der Waals surface area (Å²) in [6.45, 7) is 4.23. The van der Waals surface area contributed by atoms with Crippen LogP contribution in [0.4, 0.5) is 5.69 Å². The molecule has 18 heavy (non-hydrogen) atoms. The first-order valence-corrected chi connectivity index (χ1v) is 6.40. The number of carboxylic acid groups (broad SMARTS) is 1. The van der Waals surface area contributed by atoms with Crippen LogP contribution in [0.15, 0.2) is 24.3 Å². The predicted molar refractivity (Wildman–Crippen MR) is 69.5 cm³/mol. The molecule has 1 N–H and O–H groups in total. The van der Waals surface area contributed by atoms with Gasteiger partial charge in [0, 0.05) is 0 Å². The summed E-state index contributed by atoms with van der Waals surface area (Å²) >= 11 is 0. The van der Waals surface area contributed by atoms with Gasteiger partial charge in [-0.3, -0.25) is 4.84 Å². The Balaban J connectivity index is 2.49. The molecule has 4 heteroatoms. The molecule has 0 fully saturated rings. The zero-order chi connectivity index (χ0) is 13.2. The Hall–Kier alpha value is -1.55. The maximum Gasteiger partial charge on any atom is 0.332 e. The highest BCUT2D eigenvalue weighted by Crippen LogP contribution is 2.39. The summed E-state index contributed by atoms with van der Waals surface area (Å²) in [5, 5.41) is 11.2. The van der Waals surface area contributed by atoms with Crippen molar-refractivity contribution in [1.82, 2.24) is 0 Å². The van der Waals surface area contributed by atoms with Crippen LogP contribution in [0.5, 0.6) is 0 Å². The summed E-state index contributed by atoms with van der Waals surface area (Å²) in [6.07, 6.45) is 1.88. The van der Waals surface area contributed by atoms with E-state index < -0.39 is 11.5 Å². The summed E-state index contributed by atoms with van der Waals surface area (Å²) < 4.78 is 0. The minimum absolute atomic E-state index is 0.462. The monoisotopic (exact) mass is 249 g/mol. The lowest BCUT2D eigenvalue weighted by atomic mass is 9.83. The Morgan fingerprint density at radius 1 is 1.44 bits per heavy atom. The Morgan fingerprint density at radius 3 is 2.78 bits per heavy atom. The molecule has 98 valence electrons. The fourth-order valence-electron chi connectivity index (χ4n) is 2.58. The Morgan fingerprint density at radius 2 is 2.17 bits per heavy atom. The third kappa shape index (κ3) is 1.86. The van der Waals surface area contributed by atoms with Gasteiger partial charge in [-0.2, -0.15) is 0 Å². The van der Waals surface area contributed by atoms with Gasteiger partial charge in [0.2, 0.25) is 0 Å². The lowest BCUT2D eigenvalue weighted by molar-refractivity contribution is -0.148. The number of para-hydroxylation sites is 1. The van der Waals surface area contributed by atoms with Crippen LogP contribution in [-0.2, 0) is 16.1 Å². The van der Waals surface area contributed by atoms with Crippen LogP contribution < -0.4 is 5.06 Å². The van der Waals surface area contributed by atoms with Crippen LogP contribution in [0.1, 0.15) is 32.3 Å². The van der Waals surface area contributed by atoms with Crippen LogP contribution in [0.25, 0.3) is 0 Å². The number of carbonyl (C=O) groups is 1. The molecule has 0 saturated carbocycles. The molecule has 1 aromatic carbocycles. The molecule has 0 amide bonds. The quantitative estimate of drug-likeness (QED) is 0.891. The number of hydrogen-bond donors (Lipinski definition) is 1. The number of aliphatic carboxylic acids is 1. The van der Waals surface area contributed by atoms with Crippen molar-refractivity contribution in [2.75, 3.05) is 11.7 Å². The van der Waals surface area contributed by atoms with Crippen LogP contribution in [0.2, 0.25) is 0 Å². The first kappa shape index (κ1) is 12.9. The van der Waals surface area contributed by atoms with E-state index in [2.05, 4.69) is 0 Å². The number of carboxylic acids is 1. The highest BCUT2D eigenvalue weighted by molar-refractivity contribution is 5.84. The van der Waals surface area contributed by atoms with E-state index in [0.717, 1.165) is 17.7 Å². The van der Waals surface area contributed by atoms with Crippen LogP contribution in [0, 0.1) is 0 Å². The number of rotatable bonds is 4. The highest BCUT2D eigenvalue weighted by atomic mass is 16.7. The molecule has 1 unspecified atom stereocenters. The molecule has 1 aliphatic heterocycles. The minimum Gasteiger partial charge on any atom is -0.479 e. The molecular formula is C14H19NO3. The molecule has 0 spiro atoms. The molecule has 4 nitrogen and oxygen atoms in total. The minimum atomic E-state index is -0.940. The number of aryl methyl sites for hydroxylation is 1. The lowest BCUT2D eigenvalue weighted by Gasteiger charge is -2.44. The molecule has 1 aromatic rings. The summed E-state index contributed by atoms with van der Waals surface area (Å²) in [4.78, 5) is 17.3. The molecule has 0 saturated heterocycles. The zero-order valence-electron chi connectivity index (χ0n) is 10.8. The molecule has 1 atom stereocenters. The van der Waals surface area contributed by atoms with Gasteiger partial charge in [-0.15, -0.1) is 0 Å². The molecule has 2 rings (SSSR count). The molecule has 1 heterocycles. The second-order valence-corrected chi connectivity index (χ2v) is 4.53. The van der Waals surface area contributed by atoms with E-state index >= 15 is 0 Å². The van der Waals surface area contributed by atoms with Gasteiger partial charge in [-0.05, 0) is 37.8 Å². The number of benzene rings is 1. The Kier molecular flexibility index (Phi) is 3.57. The fraction of sp³-hybridized carbons (Fsp3) is 0.500. The predicted octanol–water partition coefficient (Wildman–Crippen LogP) is 2.62. The first-order valence-electron chi connectivity index (χ1n) is 6.40. The van der Waals surface area contributed by atoms with Crippen molar-refractivity contribution in [2.24, 2.45) is 0 Å². The van der Waals surface area contributed by atoms with Crippen LogP contribution in [-0.4, -0.2) is 23.2 Å². The average molecular weight is 249 g/mol. The summed E-state index contributed by atoms with van der Waals surface area (Å²) in [5.74, 6) is -0.812. The van der Waals surface area contributed by atoms with Gasteiger partial charge < -0.3 is 5.11 Å². The molecule has 0 bridgehead atoms. The highest BCUT2D eigenvalue weighted by Gasteiger charge is 2.47. The van der Waals surface area contributed by atoms with E-state index in [9.17, 15) is 9.90 Å². The Labute approximate surface area is 107 Å². The van der Waals surface area contributed by atoms with E-state index in [1.807, 2.05) is 38.1 Å². The maximum absolute atomic E-state index is 11.7. The number of nitrogens with zero attached hydrogens (tertiary/aromatic N) is 1. The zero-order valence-corrected chi connectivity index (χ0v) is 10.8. The van der Waals surface area contributed by atoms with Gasteiger partial charge in [0.15, 0.2) is 5.54 Å². The van der Waals surface area contributed by atoms with Crippen molar-refractivity contribution in [3.8, 4) is 0 Å². The molecular weight excluding hydrogens is 230 g/mol. The van der Waals surface area contributed by atoms with E-state index in [1.165, 1.54) is 0 Å². The number of hydrogen-bond acceptors (Lipinski definition) is 3. The van der Waals surface area contributed by atoms with Gasteiger partial charge in [0.05, 0.1) is 12.3 Å². The largest absolute Gasteiger partial charge is 0.479 e. The van der Waals surface area contributed by atoms with Crippen molar-refractivity contribution in [2.45, 2.75) is 38.6 Å². The topological polar surface area (TPSA) is 49.8 Å². The standard InChI is InChI=1S/C14H19NO3/c1-3-14(13(16)17)10-9-11-7-5-6-8-12(11)15(14)18-4-2/h5-8H,3-4,9-10H2,1-2H3,(H,16,17). The second kappa shape index (κ2) is 4.98. The smallest absolute Gasteiger partial charge is 0.332 e.